The molecule has 1 aliphatic heterocycles. The second kappa shape index (κ2) is 12.5. The molecule has 0 amide bonds. The lowest BCUT2D eigenvalue weighted by molar-refractivity contribution is 0.111. The minimum Gasteiger partial charge on any atom is -0.394 e. The van der Waals surface area contributed by atoms with E-state index in [1.807, 2.05) is 0 Å². The van der Waals surface area contributed by atoms with E-state index in [1.165, 1.54) is 12.8 Å². The van der Waals surface area contributed by atoms with Crippen LogP contribution in [0.2, 0.25) is 12.1 Å². The predicted octanol–water partition coefficient (Wildman–Crippen LogP) is 4.28. The van der Waals surface area contributed by atoms with Crippen LogP contribution in [0.1, 0.15) is 59.3 Å². The highest BCUT2D eigenvalue weighted by atomic mass is 28.4. The largest absolute Gasteiger partial charge is 0.394 e. The number of hydrogen-bond acceptors (Lipinski definition) is 4. The van der Waals surface area contributed by atoms with Gasteiger partial charge in [0.1, 0.15) is 6.10 Å². The van der Waals surface area contributed by atoms with Gasteiger partial charge in [-0.2, -0.15) is 0 Å². The van der Waals surface area contributed by atoms with Crippen molar-refractivity contribution >= 4 is 8.56 Å². The Morgan fingerprint density at radius 2 is 1.50 bits per heavy atom. The third-order valence-electron chi connectivity index (χ3n) is 3.91. The lowest BCUT2D eigenvalue weighted by Gasteiger charge is -2.31. The first-order chi connectivity index (χ1) is 10.8. The van der Waals surface area contributed by atoms with Crippen molar-refractivity contribution in [2.24, 2.45) is 0 Å². The predicted molar refractivity (Wildman–Crippen MR) is 92.6 cm³/mol. The second-order valence-electron chi connectivity index (χ2n) is 6.20. The maximum absolute atomic E-state index is 6.33. The van der Waals surface area contributed by atoms with Gasteiger partial charge in [-0.05, 0) is 31.4 Å². The standard InChI is InChI=1S/C17H36O4Si/c1-4-7-11-20-22(13-6-3,21-12-8-5-2)14-9-10-18-15-17-16-19-17/h17H,4-16H2,1-3H3. The van der Waals surface area contributed by atoms with Crippen LogP contribution in [0.4, 0.5) is 0 Å². The van der Waals surface area contributed by atoms with Gasteiger partial charge in [0.05, 0.1) is 13.2 Å². The van der Waals surface area contributed by atoms with Crippen LogP contribution in [-0.4, -0.2) is 47.7 Å². The van der Waals surface area contributed by atoms with Crippen molar-refractivity contribution in [3.63, 3.8) is 0 Å². The van der Waals surface area contributed by atoms with Gasteiger partial charge in [-0.1, -0.05) is 40.0 Å². The molecule has 0 bridgehead atoms. The van der Waals surface area contributed by atoms with Crippen molar-refractivity contribution in [3.8, 4) is 0 Å². The molecule has 132 valence electrons. The van der Waals surface area contributed by atoms with Crippen LogP contribution >= 0.6 is 0 Å². The molecule has 0 saturated carbocycles. The van der Waals surface area contributed by atoms with Crippen LogP contribution in [0.5, 0.6) is 0 Å². The van der Waals surface area contributed by atoms with Crippen molar-refractivity contribution < 1.29 is 18.3 Å². The Kier molecular flexibility index (Phi) is 11.4. The van der Waals surface area contributed by atoms with E-state index in [1.54, 1.807) is 0 Å². The second-order valence-corrected chi connectivity index (χ2v) is 9.60. The molecule has 0 aromatic rings. The van der Waals surface area contributed by atoms with Crippen molar-refractivity contribution in [3.05, 3.63) is 0 Å². The average molecular weight is 333 g/mol. The van der Waals surface area contributed by atoms with E-state index in [2.05, 4.69) is 20.8 Å². The molecule has 1 rings (SSSR count). The Balaban J connectivity index is 2.35. The Morgan fingerprint density at radius 1 is 0.864 bits per heavy atom. The molecule has 4 nitrogen and oxygen atoms in total. The van der Waals surface area contributed by atoms with Crippen molar-refractivity contribution in [2.45, 2.75) is 77.5 Å². The summed E-state index contributed by atoms with van der Waals surface area (Å²) in [4.78, 5) is 0. The van der Waals surface area contributed by atoms with Crippen molar-refractivity contribution in [1.82, 2.24) is 0 Å². The summed E-state index contributed by atoms with van der Waals surface area (Å²) in [6.45, 7) is 10.8. The van der Waals surface area contributed by atoms with Gasteiger partial charge in [-0.15, -0.1) is 0 Å². The first-order valence-corrected chi connectivity index (χ1v) is 11.5. The molecule has 1 fully saturated rings. The Bertz CT molecular complexity index is 249. The molecule has 1 aliphatic rings. The Labute approximate surface area is 138 Å². The van der Waals surface area contributed by atoms with Crippen LogP contribution in [0.15, 0.2) is 0 Å². The van der Waals surface area contributed by atoms with Crippen molar-refractivity contribution in [2.75, 3.05) is 33.0 Å². The molecular weight excluding hydrogens is 296 g/mol. The summed E-state index contributed by atoms with van der Waals surface area (Å²) in [7, 11) is -2.04. The molecule has 1 atom stereocenters. The quantitative estimate of drug-likeness (QED) is 0.240. The number of unbranched alkanes of at least 4 members (excludes halogenated alkanes) is 2. The van der Waals surface area contributed by atoms with E-state index in [0.29, 0.717) is 6.10 Å². The summed E-state index contributed by atoms with van der Waals surface area (Å²) < 4.78 is 23.5. The molecule has 0 radical (unpaired) electrons. The first kappa shape index (κ1) is 20.1. The fraction of sp³-hybridized carbons (Fsp3) is 1.00. The van der Waals surface area contributed by atoms with E-state index in [4.69, 9.17) is 18.3 Å². The van der Waals surface area contributed by atoms with Crippen LogP contribution in [0.3, 0.4) is 0 Å². The molecule has 0 N–H and O–H groups in total. The number of rotatable bonds is 16. The lowest BCUT2D eigenvalue weighted by atomic mass is 10.4. The van der Waals surface area contributed by atoms with Gasteiger partial charge in [-0.25, -0.2) is 0 Å². The molecule has 0 aliphatic carbocycles. The van der Waals surface area contributed by atoms with E-state index < -0.39 is 8.56 Å². The fourth-order valence-corrected chi connectivity index (χ4v) is 5.85. The van der Waals surface area contributed by atoms with Gasteiger partial charge in [0.2, 0.25) is 0 Å². The third kappa shape index (κ3) is 9.25. The zero-order valence-electron chi connectivity index (χ0n) is 14.9. The summed E-state index contributed by atoms with van der Waals surface area (Å²) in [5.41, 5.74) is 0. The van der Waals surface area contributed by atoms with Crippen molar-refractivity contribution in [1.29, 1.82) is 0 Å². The Morgan fingerprint density at radius 3 is 2.00 bits per heavy atom. The van der Waals surface area contributed by atoms with E-state index in [9.17, 15) is 0 Å². The number of ether oxygens (including phenoxy) is 2. The summed E-state index contributed by atoms with van der Waals surface area (Å²) in [5, 5.41) is 0. The van der Waals surface area contributed by atoms with Crippen LogP contribution in [0.25, 0.3) is 0 Å². The average Bonchev–Trinajstić information content (AvgIpc) is 3.32. The van der Waals surface area contributed by atoms with Gasteiger partial charge < -0.3 is 18.3 Å². The van der Waals surface area contributed by atoms with Gasteiger partial charge in [-0.3, -0.25) is 0 Å². The van der Waals surface area contributed by atoms with Gasteiger partial charge in [0, 0.05) is 19.8 Å². The monoisotopic (exact) mass is 332 g/mol. The molecule has 1 saturated heterocycles. The maximum Gasteiger partial charge on any atom is 0.338 e. The van der Waals surface area contributed by atoms with Crippen LogP contribution in [0, 0.1) is 0 Å². The van der Waals surface area contributed by atoms with E-state index in [0.717, 1.165) is 70.8 Å². The van der Waals surface area contributed by atoms with Crippen LogP contribution < -0.4 is 0 Å². The summed E-state index contributed by atoms with van der Waals surface area (Å²) in [6, 6.07) is 2.16. The minimum absolute atomic E-state index is 0.360. The molecule has 1 unspecified atom stereocenters. The topological polar surface area (TPSA) is 40.2 Å². The number of epoxide rings is 1. The normalized spacial score (nSPS) is 17.9. The zero-order chi connectivity index (χ0) is 16.1. The summed E-state index contributed by atoms with van der Waals surface area (Å²) in [5.74, 6) is 0. The van der Waals surface area contributed by atoms with E-state index >= 15 is 0 Å². The zero-order valence-corrected chi connectivity index (χ0v) is 15.9. The summed E-state index contributed by atoms with van der Waals surface area (Å²) >= 11 is 0. The maximum atomic E-state index is 6.33. The molecule has 1 heterocycles. The fourth-order valence-electron chi connectivity index (χ4n) is 2.46. The van der Waals surface area contributed by atoms with Gasteiger partial charge in [0.15, 0.2) is 0 Å². The highest BCUT2D eigenvalue weighted by molar-refractivity contribution is 6.67. The highest BCUT2D eigenvalue weighted by Crippen LogP contribution is 2.24. The molecule has 0 spiro atoms. The lowest BCUT2D eigenvalue weighted by Crippen LogP contribution is -2.43. The minimum atomic E-state index is -2.04. The first-order valence-electron chi connectivity index (χ1n) is 9.23. The molecule has 5 heteroatoms. The van der Waals surface area contributed by atoms with Gasteiger partial charge in [0.25, 0.3) is 0 Å². The molecular formula is C17H36O4Si. The molecule has 0 aromatic carbocycles. The Hall–Kier alpha value is 0.0569. The third-order valence-corrected chi connectivity index (χ3v) is 7.75. The molecule has 22 heavy (non-hydrogen) atoms. The highest BCUT2D eigenvalue weighted by Gasteiger charge is 2.36. The smallest absolute Gasteiger partial charge is 0.338 e. The van der Waals surface area contributed by atoms with Crippen LogP contribution in [-0.2, 0) is 18.3 Å². The SMILES string of the molecule is CCCCO[Si](CCC)(CCCOCC1CO1)OCCCC. The molecule has 0 aromatic heterocycles. The summed E-state index contributed by atoms with van der Waals surface area (Å²) in [6.07, 6.45) is 7.15. The number of hydrogen-bond donors (Lipinski definition) is 0. The van der Waals surface area contributed by atoms with Gasteiger partial charge >= 0.3 is 8.56 Å². The van der Waals surface area contributed by atoms with E-state index in [-0.39, 0.29) is 0 Å².